The van der Waals surface area contributed by atoms with Crippen molar-refractivity contribution in [2.75, 3.05) is 4.90 Å². The lowest BCUT2D eigenvalue weighted by molar-refractivity contribution is -0.226. The summed E-state index contributed by atoms with van der Waals surface area (Å²) in [6.07, 6.45) is 0.594. The fourth-order valence-electron chi connectivity index (χ4n) is 4.29. The van der Waals surface area contributed by atoms with Gasteiger partial charge in [-0.1, -0.05) is 17.7 Å². The van der Waals surface area contributed by atoms with Crippen LogP contribution in [0, 0.1) is 11.8 Å². The van der Waals surface area contributed by atoms with E-state index >= 15 is 0 Å². The van der Waals surface area contributed by atoms with E-state index in [4.69, 9.17) is 25.8 Å². The highest BCUT2D eigenvalue weighted by Crippen LogP contribution is 2.54. The van der Waals surface area contributed by atoms with Gasteiger partial charge >= 0.3 is 17.9 Å². The first-order valence-electron chi connectivity index (χ1n) is 9.19. The summed E-state index contributed by atoms with van der Waals surface area (Å²) < 4.78 is 16.1. The van der Waals surface area contributed by atoms with Gasteiger partial charge in [0.1, 0.15) is 0 Å². The number of carboxylic acids is 1. The van der Waals surface area contributed by atoms with Crippen molar-refractivity contribution in [2.24, 2.45) is 11.8 Å². The Morgan fingerprint density at radius 1 is 1.16 bits per heavy atom. The van der Waals surface area contributed by atoms with Gasteiger partial charge in [0.15, 0.2) is 5.60 Å². The molecule has 0 unspecified atom stereocenters. The van der Waals surface area contributed by atoms with Gasteiger partial charge in [-0.15, -0.1) is 0 Å². The largest absolute Gasteiger partial charge is 0.478 e. The van der Waals surface area contributed by atoms with Crippen LogP contribution in [0.1, 0.15) is 24.2 Å². The van der Waals surface area contributed by atoms with E-state index in [9.17, 15) is 29.1 Å². The summed E-state index contributed by atoms with van der Waals surface area (Å²) in [5.74, 6) is -6.31. The van der Waals surface area contributed by atoms with E-state index in [0.29, 0.717) is 0 Å². The van der Waals surface area contributed by atoms with Crippen LogP contribution in [-0.2, 0) is 33.4 Å². The van der Waals surface area contributed by atoms with E-state index in [0.717, 1.165) is 24.8 Å². The molecule has 1 N–H and O–H groups in total. The molecule has 0 aliphatic carbocycles. The molecule has 4 rings (SSSR count). The predicted octanol–water partition coefficient (Wildman–Crippen LogP) is 1.30. The average molecular weight is 450 g/mol. The molecule has 0 aromatic heterocycles. The lowest BCUT2D eigenvalue weighted by Crippen LogP contribution is -2.52. The molecule has 2 amide bonds. The second kappa shape index (κ2) is 7.17. The van der Waals surface area contributed by atoms with Crippen molar-refractivity contribution >= 4 is 47.0 Å². The van der Waals surface area contributed by atoms with Crippen molar-refractivity contribution in [1.29, 1.82) is 0 Å². The first kappa shape index (κ1) is 21.0. The van der Waals surface area contributed by atoms with E-state index in [2.05, 4.69) is 0 Å². The standard InChI is InChI=1S/C20H16ClNO9/c1-8(23)29-19(30-9(2)24)20-6-5-13(31-20)14-15(20)17(26)22(16(14)25)10-3-4-12(21)11(7-10)18(27)28/h3-7,13-15,19H,1-2H3,(H,27,28)/t13-,14+,15-,20+/m1/s1. The van der Waals surface area contributed by atoms with Crippen molar-refractivity contribution in [3.8, 4) is 0 Å². The summed E-state index contributed by atoms with van der Waals surface area (Å²) in [5, 5.41) is 9.25. The van der Waals surface area contributed by atoms with Crippen molar-refractivity contribution in [3.05, 3.63) is 40.9 Å². The lowest BCUT2D eigenvalue weighted by Gasteiger charge is -2.34. The Bertz CT molecular complexity index is 1050. The second-order valence-electron chi connectivity index (χ2n) is 7.33. The Morgan fingerprint density at radius 3 is 2.39 bits per heavy atom. The van der Waals surface area contributed by atoms with Crippen LogP contribution in [0.2, 0.25) is 5.02 Å². The molecule has 1 aromatic carbocycles. The molecule has 11 heteroatoms. The number of fused-ring (bicyclic) bond motifs is 5. The summed E-state index contributed by atoms with van der Waals surface area (Å²) in [7, 11) is 0. The molecule has 31 heavy (non-hydrogen) atoms. The van der Waals surface area contributed by atoms with Gasteiger partial charge in [0.05, 0.1) is 34.2 Å². The normalized spacial score (nSPS) is 28.3. The van der Waals surface area contributed by atoms with Crippen LogP contribution in [0.15, 0.2) is 30.4 Å². The van der Waals surface area contributed by atoms with Gasteiger partial charge in [0.25, 0.3) is 6.29 Å². The van der Waals surface area contributed by atoms with Crippen LogP contribution in [0.3, 0.4) is 0 Å². The van der Waals surface area contributed by atoms with Gasteiger partial charge < -0.3 is 19.3 Å². The number of amides is 2. The quantitative estimate of drug-likeness (QED) is 0.305. The van der Waals surface area contributed by atoms with E-state index in [1.54, 1.807) is 6.08 Å². The number of esters is 2. The first-order valence-corrected chi connectivity index (χ1v) is 9.57. The maximum atomic E-state index is 13.4. The second-order valence-corrected chi connectivity index (χ2v) is 7.74. The molecule has 162 valence electrons. The van der Waals surface area contributed by atoms with Crippen LogP contribution in [-0.4, -0.2) is 52.8 Å². The minimum Gasteiger partial charge on any atom is -0.478 e. The molecule has 3 aliphatic heterocycles. The number of aromatic carboxylic acids is 1. The lowest BCUT2D eigenvalue weighted by atomic mass is 9.76. The van der Waals surface area contributed by atoms with Gasteiger partial charge in [-0.05, 0) is 24.3 Å². The predicted molar refractivity (Wildman–Crippen MR) is 102 cm³/mol. The summed E-state index contributed by atoms with van der Waals surface area (Å²) >= 11 is 5.89. The van der Waals surface area contributed by atoms with Gasteiger partial charge in [0, 0.05) is 13.8 Å². The van der Waals surface area contributed by atoms with Gasteiger partial charge in [-0.3, -0.25) is 19.2 Å². The minimum atomic E-state index is -1.68. The molecule has 0 spiro atoms. The van der Waals surface area contributed by atoms with Crippen molar-refractivity contribution < 1.29 is 43.3 Å². The maximum absolute atomic E-state index is 13.4. The summed E-state index contributed by atoms with van der Waals surface area (Å²) in [5.41, 5.74) is -1.94. The summed E-state index contributed by atoms with van der Waals surface area (Å²) in [4.78, 5) is 62.0. The monoisotopic (exact) mass is 449 g/mol. The highest BCUT2D eigenvalue weighted by molar-refractivity contribution is 6.34. The molecule has 10 nitrogen and oxygen atoms in total. The molecular weight excluding hydrogens is 434 g/mol. The van der Waals surface area contributed by atoms with Gasteiger partial charge in [0.2, 0.25) is 11.8 Å². The third-order valence-electron chi connectivity index (χ3n) is 5.43. The van der Waals surface area contributed by atoms with Crippen LogP contribution >= 0.6 is 11.6 Å². The highest BCUT2D eigenvalue weighted by Gasteiger charge is 2.72. The number of carbonyl (C=O) groups excluding carboxylic acids is 4. The van der Waals surface area contributed by atoms with Crippen LogP contribution in [0.25, 0.3) is 0 Å². The minimum absolute atomic E-state index is 0.0253. The maximum Gasteiger partial charge on any atom is 0.337 e. The number of hydrogen-bond donors (Lipinski definition) is 1. The molecule has 2 fully saturated rings. The molecule has 3 aliphatic rings. The Kier molecular flexibility index (Phi) is 4.86. The SMILES string of the molecule is CC(=O)OC(OC(C)=O)[C@@]12C=C[C@@H](O1)[C@@H]1C(=O)N(c3ccc(Cl)c(C(=O)O)c3)C(=O)[C@@H]12. The van der Waals surface area contributed by atoms with E-state index in [1.165, 1.54) is 18.2 Å². The zero-order valence-corrected chi connectivity index (χ0v) is 17.0. The smallest absolute Gasteiger partial charge is 0.337 e. The number of imide groups is 1. The van der Waals surface area contributed by atoms with Crippen LogP contribution in [0.4, 0.5) is 5.69 Å². The van der Waals surface area contributed by atoms with Gasteiger partial charge in [-0.2, -0.15) is 0 Å². The Morgan fingerprint density at radius 2 is 1.81 bits per heavy atom. The third-order valence-corrected chi connectivity index (χ3v) is 5.76. The molecular formula is C20H16ClNO9. The van der Waals surface area contributed by atoms with E-state index in [-0.39, 0.29) is 16.3 Å². The number of ether oxygens (including phenoxy) is 3. The zero-order valence-electron chi connectivity index (χ0n) is 16.2. The molecule has 2 bridgehead atoms. The van der Waals surface area contributed by atoms with Crippen molar-refractivity contribution in [3.63, 3.8) is 0 Å². The number of halogens is 1. The molecule has 3 heterocycles. The van der Waals surface area contributed by atoms with E-state index < -0.39 is 59.6 Å². The number of nitrogens with zero attached hydrogens (tertiary/aromatic N) is 1. The molecule has 0 radical (unpaired) electrons. The molecule has 4 atom stereocenters. The molecule has 2 saturated heterocycles. The summed E-state index contributed by atoms with van der Waals surface area (Å²) in [6.45, 7) is 2.20. The Balaban J connectivity index is 1.76. The van der Waals surface area contributed by atoms with E-state index in [1.807, 2.05) is 0 Å². The van der Waals surface area contributed by atoms with Gasteiger partial charge in [-0.25, -0.2) is 9.69 Å². The number of hydrogen-bond acceptors (Lipinski definition) is 8. The fourth-order valence-corrected chi connectivity index (χ4v) is 4.49. The molecule has 1 aromatic rings. The average Bonchev–Trinajstić information content (AvgIpc) is 3.32. The number of carboxylic acid groups (broad SMARTS) is 1. The van der Waals surface area contributed by atoms with Crippen LogP contribution in [0.5, 0.6) is 0 Å². The third kappa shape index (κ3) is 3.10. The number of carbonyl (C=O) groups is 5. The number of benzene rings is 1. The van der Waals surface area contributed by atoms with Crippen molar-refractivity contribution in [1.82, 2.24) is 0 Å². The number of rotatable bonds is 5. The van der Waals surface area contributed by atoms with Crippen molar-refractivity contribution in [2.45, 2.75) is 31.8 Å². The Labute approximate surface area is 180 Å². The highest BCUT2D eigenvalue weighted by atomic mass is 35.5. The van der Waals surface area contributed by atoms with Crippen LogP contribution < -0.4 is 4.90 Å². The topological polar surface area (TPSA) is 137 Å². The number of anilines is 1. The zero-order chi connectivity index (χ0) is 22.7. The molecule has 0 saturated carbocycles. The fraction of sp³-hybridized carbons (Fsp3) is 0.350. The summed E-state index contributed by atoms with van der Waals surface area (Å²) in [6, 6.07) is 3.75. The Hall–Kier alpha value is -3.24. The first-order chi connectivity index (χ1) is 14.6.